The molecule has 1 aromatic heterocycles. The van der Waals surface area contributed by atoms with Crippen LogP contribution in [0, 0.1) is 17.6 Å². The van der Waals surface area contributed by atoms with E-state index in [-0.39, 0.29) is 37.1 Å². The van der Waals surface area contributed by atoms with Gasteiger partial charge in [0.1, 0.15) is 0 Å². The zero-order valence-electron chi connectivity index (χ0n) is 20.9. The van der Waals surface area contributed by atoms with E-state index < -0.39 is 47.3 Å². The maximum atomic E-state index is 13.8. The molecule has 0 bridgehead atoms. The fraction of sp³-hybridized carbons (Fsp3) is 0.385. The number of halogens is 2. The van der Waals surface area contributed by atoms with E-state index in [0.717, 1.165) is 12.1 Å². The Morgan fingerprint density at radius 2 is 1.82 bits per heavy atom. The number of carbonyl (C=O) groups excluding carboxylic acids is 2. The average Bonchev–Trinajstić information content (AvgIpc) is 2.87. The predicted octanol–water partition coefficient (Wildman–Crippen LogP) is 3.03. The maximum Gasteiger partial charge on any atom is 0.414 e. The van der Waals surface area contributed by atoms with E-state index in [1.807, 2.05) is 0 Å². The van der Waals surface area contributed by atoms with Gasteiger partial charge in [0, 0.05) is 5.92 Å². The fourth-order valence-corrected chi connectivity index (χ4v) is 3.90. The van der Waals surface area contributed by atoms with Crippen molar-refractivity contribution in [3.63, 3.8) is 0 Å². The van der Waals surface area contributed by atoms with Crippen molar-refractivity contribution in [3.05, 3.63) is 65.9 Å². The summed E-state index contributed by atoms with van der Waals surface area (Å²) in [6.07, 6.45) is -1.21. The number of aliphatic hydroxyl groups is 2. The van der Waals surface area contributed by atoms with Crippen molar-refractivity contribution in [1.82, 2.24) is 20.8 Å². The van der Waals surface area contributed by atoms with Crippen LogP contribution in [0.1, 0.15) is 38.7 Å². The molecule has 0 saturated heterocycles. The third-order valence-electron chi connectivity index (χ3n) is 5.94. The molecular formula is C26H30F2N4O6. The van der Waals surface area contributed by atoms with Crippen molar-refractivity contribution in [1.29, 1.82) is 0 Å². The van der Waals surface area contributed by atoms with E-state index in [0.29, 0.717) is 11.0 Å². The number of amides is 2. The van der Waals surface area contributed by atoms with Crippen molar-refractivity contribution in [2.75, 3.05) is 0 Å². The Morgan fingerprint density at radius 1 is 1.11 bits per heavy atom. The number of nitrogens with zero attached hydrogens (tertiary/aromatic N) is 2. The first kappa shape index (κ1) is 28.8. The lowest BCUT2D eigenvalue weighted by atomic mass is 9.87. The molecule has 10 nitrogen and oxygen atoms in total. The molecule has 0 aliphatic rings. The second kappa shape index (κ2) is 12.7. The minimum atomic E-state index is -1.39. The van der Waals surface area contributed by atoms with Crippen LogP contribution in [0.2, 0.25) is 0 Å². The molecule has 0 aliphatic carbocycles. The summed E-state index contributed by atoms with van der Waals surface area (Å²) in [6.45, 7) is 3.10. The van der Waals surface area contributed by atoms with Gasteiger partial charge in [-0.2, -0.15) is 0 Å². The van der Waals surface area contributed by atoms with Gasteiger partial charge in [-0.05, 0) is 69.4 Å². The molecule has 0 radical (unpaired) electrons. The first-order valence-corrected chi connectivity index (χ1v) is 11.9. The van der Waals surface area contributed by atoms with Crippen molar-refractivity contribution < 1.29 is 38.5 Å². The molecule has 3 aromatic rings. The molecule has 0 aliphatic heterocycles. The molecule has 0 spiro atoms. The second-order valence-electron chi connectivity index (χ2n) is 9.62. The Balaban J connectivity index is 1.78. The number of ether oxygens (including phenoxy) is 1. The number of para-hydroxylation sites is 2. The fourth-order valence-electron chi connectivity index (χ4n) is 3.90. The van der Waals surface area contributed by atoms with Crippen LogP contribution in [0.15, 0.2) is 48.7 Å². The van der Waals surface area contributed by atoms with Crippen LogP contribution in [0.5, 0.6) is 5.88 Å². The SMILES string of the molecule is CC(C)(O)CC[C@H](C[C@H](O)[C@H](Cc1ccc(F)c(F)c1)NC(=O)Oc1cnc2ccccc2n1)C(=O)NO. The number of hydrogen-bond donors (Lipinski definition) is 5. The summed E-state index contributed by atoms with van der Waals surface area (Å²) >= 11 is 0. The maximum absolute atomic E-state index is 13.8. The third kappa shape index (κ3) is 8.40. The number of aromatic nitrogens is 2. The Morgan fingerprint density at radius 3 is 2.47 bits per heavy atom. The van der Waals surface area contributed by atoms with Gasteiger partial charge >= 0.3 is 6.09 Å². The minimum Gasteiger partial charge on any atom is -0.391 e. The minimum absolute atomic E-state index is 0.107. The molecule has 5 N–H and O–H groups in total. The first-order chi connectivity index (χ1) is 17.9. The van der Waals surface area contributed by atoms with Gasteiger partial charge in [0.05, 0.1) is 35.0 Å². The molecule has 0 saturated carbocycles. The molecule has 38 heavy (non-hydrogen) atoms. The Hall–Kier alpha value is -3.74. The summed E-state index contributed by atoms with van der Waals surface area (Å²) in [6, 6.07) is 8.97. The number of hydrogen-bond acceptors (Lipinski definition) is 8. The standard InChI is InChI=1S/C26H30F2N4O6/c1-26(2,36)10-9-16(24(34)32-37)13-22(33)21(12-15-7-8-17(27)18(28)11-15)31-25(35)38-23-14-29-19-5-3-4-6-20(19)30-23/h3-8,11,14,16,21-22,33,36-37H,9-10,12-13H2,1-2H3,(H,31,35)(H,32,34)/t16-,21+,22+/m1/s1. The normalized spacial score (nSPS) is 14.0. The van der Waals surface area contributed by atoms with Crippen LogP contribution in [0.25, 0.3) is 11.0 Å². The highest BCUT2D eigenvalue weighted by Crippen LogP contribution is 2.23. The quantitative estimate of drug-likeness (QED) is 0.187. The molecule has 0 unspecified atom stereocenters. The van der Waals surface area contributed by atoms with Gasteiger partial charge in [0.15, 0.2) is 11.6 Å². The molecule has 1 heterocycles. The van der Waals surface area contributed by atoms with Gasteiger partial charge in [-0.15, -0.1) is 0 Å². The average molecular weight is 533 g/mol. The van der Waals surface area contributed by atoms with E-state index in [4.69, 9.17) is 9.94 Å². The van der Waals surface area contributed by atoms with Crippen LogP contribution in [-0.4, -0.2) is 55.1 Å². The molecule has 3 atom stereocenters. The van der Waals surface area contributed by atoms with E-state index in [9.17, 15) is 28.6 Å². The summed E-state index contributed by atoms with van der Waals surface area (Å²) in [5, 5.41) is 32.7. The zero-order valence-corrected chi connectivity index (χ0v) is 20.9. The van der Waals surface area contributed by atoms with Crippen molar-refractivity contribution >= 4 is 23.0 Å². The number of carbonyl (C=O) groups is 2. The highest BCUT2D eigenvalue weighted by Gasteiger charge is 2.30. The number of nitrogens with one attached hydrogen (secondary N) is 2. The summed E-state index contributed by atoms with van der Waals surface area (Å²) in [5.74, 6) is -3.98. The number of fused-ring (bicyclic) bond motifs is 1. The zero-order chi connectivity index (χ0) is 27.9. The van der Waals surface area contributed by atoms with E-state index in [1.165, 1.54) is 12.3 Å². The largest absolute Gasteiger partial charge is 0.414 e. The van der Waals surface area contributed by atoms with Crippen molar-refractivity contribution in [2.24, 2.45) is 5.92 Å². The third-order valence-corrected chi connectivity index (χ3v) is 5.94. The van der Waals surface area contributed by atoms with Crippen molar-refractivity contribution in [3.8, 4) is 5.88 Å². The summed E-state index contributed by atoms with van der Waals surface area (Å²) < 4.78 is 32.5. The Labute approximate surface area is 217 Å². The van der Waals surface area contributed by atoms with Gasteiger partial charge in [0.25, 0.3) is 0 Å². The van der Waals surface area contributed by atoms with E-state index in [1.54, 1.807) is 43.6 Å². The summed E-state index contributed by atoms with van der Waals surface area (Å²) in [7, 11) is 0. The smallest absolute Gasteiger partial charge is 0.391 e. The lowest BCUT2D eigenvalue weighted by Crippen LogP contribution is -2.47. The van der Waals surface area contributed by atoms with Crippen LogP contribution < -0.4 is 15.5 Å². The van der Waals surface area contributed by atoms with Gasteiger partial charge < -0.3 is 20.3 Å². The molecule has 12 heteroatoms. The summed E-state index contributed by atoms with van der Waals surface area (Å²) in [5.41, 5.74) is 1.78. The van der Waals surface area contributed by atoms with Crippen LogP contribution in [0.4, 0.5) is 13.6 Å². The predicted molar refractivity (Wildman–Crippen MR) is 132 cm³/mol. The highest BCUT2D eigenvalue weighted by molar-refractivity contribution is 5.77. The van der Waals surface area contributed by atoms with Gasteiger partial charge in [0.2, 0.25) is 11.8 Å². The first-order valence-electron chi connectivity index (χ1n) is 11.9. The number of hydroxylamine groups is 1. The van der Waals surface area contributed by atoms with Gasteiger partial charge in [-0.1, -0.05) is 18.2 Å². The molecular weight excluding hydrogens is 502 g/mol. The monoisotopic (exact) mass is 532 g/mol. The molecule has 0 fully saturated rings. The molecule has 2 amide bonds. The Kier molecular flexibility index (Phi) is 9.61. The van der Waals surface area contributed by atoms with Gasteiger partial charge in [-0.25, -0.2) is 29.0 Å². The van der Waals surface area contributed by atoms with Crippen LogP contribution >= 0.6 is 0 Å². The van der Waals surface area contributed by atoms with Crippen LogP contribution in [-0.2, 0) is 11.2 Å². The number of aliphatic hydroxyl groups excluding tert-OH is 1. The van der Waals surface area contributed by atoms with E-state index in [2.05, 4.69) is 15.3 Å². The van der Waals surface area contributed by atoms with Gasteiger partial charge in [-0.3, -0.25) is 10.0 Å². The molecule has 3 rings (SSSR count). The molecule has 204 valence electrons. The van der Waals surface area contributed by atoms with Crippen LogP contribution in [0.3, 0.4) is 0 Å². The Bertz CT molecular complexity index is 1270. The van der Waals surface area contributed by atoms with E-state index >= 15 is 0 Å². The highest BCUT2D eigenvalue weighted by atomic mass is 19.2. The number of benzene rings is 2. The topological polar surface area (TPSA) is 154 Å². The molecule has 2 aromatic carbocycles. The lowest BCUT2D eigenvalue weighted by Gasteiger charge is -2.28. The lowest BCUT2D eigenvalue weighted by molar-refractivity contribution is -0.135. The number of rotatable bonds is 11. The van der Waals surface area contributed by atoms with Crippen molar-refractivity contribution in [2.45, 2.75) is 57.3 Å². The summed E-state index contributed by atoms with van der Waals surface area (Å²) in [4.78, 5) is 33.3. The second-order valence-corrected chi connectivity index (χ2v) is 9.62.